The van der Waals surface area contributed by atoms with Gasteiger partial charge in [-0.3, -0.25) is 4.79 Å². The third-order valence-corrected chi connectivity index (χ3v) is 6.99. The molecule has 0 spiro atoms. The number of carbonyl (C=O) groups excluding carboxylic acids is 2. The molecular weight excluding hydrogens is 432 g/mol. The van der Waals surface area contributed by atoms with Crippen LogP contribution in [0.25, 0.3) is 0 Å². The predicted octanol–water partition coefficient (Wildman–Crippen LogP) is 3.45. The topological polar surface area (TPSA) is 102 Å². The lowest BCUT2D eigenvalue weighted by atomic mass is 10.2. The van der Waals surface area contributed by atoms with Crippen LogP contribution in [0.2, 0.25) is 0 Å². The number of rotatable bonds is 8. The van der Waals surface area contributed by atoms with Crippen molar-refractivity contribution in [3.8, 4) is 5.75 Å². The van der Waals surface area contributed by atoms with Gasteiger partial charge in [-0.1, -0.05) is 12.8 Å². The number of ether oxygens (including phenoxy) is 2. The SMILES string of the molecule is CCOC(=O)c1ccc(OCC(=O)Nc2ccc(S(=O)(=O)N3CCCCCC3)cc2)cc1. The van der Waals surface area contributed by atoms with E-state index in [0.29, 0.717) is 36.7 Å². The Bertz CT molecular complexity index is 1010. The highest BCUT2D eigenvalue weighted by Gasteiger charge is 2.25. The number of hydrogen-bond acceptors (Lipinski definition) is 6. The van der Waals surface area contributed by atoms with Crippen molar-refractivity contribution in [2.75, 3.05) is 31.6 Å². The van der Waals surface area contributed by atoms with E-state index >= 15 is 0 Å². The molecule has 32 heavy (non-hydrogen) atoms. The first-order valence-corrected chi connectivity index (χ1v) is 12.1. The standard InChI is InChI=1S/C23H28N2O6S/c1-2-30-23(27)18-7-11-20(12-8-18)31-17-22(26)24-19-9-13-21(14-10-19)32(28,29)25-15-5-3-4-6-16-25/h7-14H,2-6,15-17H2,1H3,(H,24,26). The van der Waals surface area contributed by atoms with Gasteiger partial charge in [0.2, 0.25) is 10.0 Å². The average molecular weight is 461 g/mol. The van der Waals surface area contributed by atoms with E-state index in [0.717, 1.165) is 25.7 Å². The van der Waals surface area contributed by atoms with Gasteiger partial charge in [0.05, 0.1) is 17.1 Å². The first kappa shape index (κ1) is 23.7. The number of hydrogen-bond donors (Lipinski definition) is 1. The number of amides is 1. The minimum atomic E-state index is -3.53. The Hall–Kier alpha value is -2.91. The van der Waals surface area contributed by atoms with E-state index in [-0.39, 0.29) is 17.4 Å². The Kier molecular flexibility index (Phi) is 8.24. The Balaban J connectivity index is 1.53. The fraction of sp³-hybridized carbons (Fsp3) is 0.391. The molecule has 1 N–H and O–H groups in total. The number of benzene rings is 2. The molecule has 0 atom stereocenters. The fourth-order valence-electron chi connectivity index (χ4n) is 3.39. The largest absolute Gasteiger partial charge is 0.484 e. The summed E-state index contributed by atoms with van der Waals surface area (Å²) in [6, 6.07) is 12.4. The molecule has 8 nitrogen and oxygen atoms in total. The molecule has 9 heteroatoms. The monoisotopic (exact) mass is 460 g/mol. The van der Waals surface area contributed by atoms with Crippen LogP contribution in [0.3, 0.4) is 0 Å². The predicted molar refractivity (Wildman–Crippen MR) is 120 cm³/mol. The maximum atomic E-state index is 12.8. The van der Waals surface area contributed by atoms with Crippen molar-refractivity contribution < 1.29 is 27.5 Å². The van der Waals surface area contributed by atoms with Gasteiger partial charge in [0, 0.05) is 18.8 Å². The van der Waals surface area contributed by atoms with Crippen molar-refractivity contribution in [2.24, 2.45) is 0 Å². The molecule has 1 heterocycles. The quantitative estimate of drug-likeness (QED) is 0.606. The van der Waals surface area contributed by atoms with Gasteiger partial charge in [-0.05, 0) is 68.3 Å². The normalized spacial score (nSPS) is 14.9. The van der Waals surface area contributed by atoms with Gasteiger partial charge in [-0.2, -0.15) is 4.31 Å². The summed E-state index contributed by atoms with van der Waals surface area (Å²) in [5, 5.41) is 2.68. The Morgan fingerprint density at radius 3 is 2.16 bits per heavy atom. The van der Waals surface area contributed by atoms with E-state index in [9.17, 15) is 18.0 Å². The lowest BCUT2D eigenvalue weighted by Gasteiger charge is -2.20. The van der Waals surface area contributed by atoms with E-state index in [1.54, 1.807) is 43.3 Å². The Labute approximate surface area is 188 Å². The van der Waals surface area contributed by atoms with Crippen molar-refractivity contribution in [3.63, 3.8) is 0 Å². The minimum Gasteiger partial charge on any atom is -0.484 e. The van der Waals surface area contributed by atoms with Crippen molar-refractivity contribution >= 4 is 27.6 Å². The highest BCUT2D eigenvalue weighted by atomic mass is 32.2. The molecule has 3 rings (SSSR count). The second-order valence-corrected chi connectivity index (χ2v) is 9.36. The van der Waals surface area contributed by atoms with Gasteiger partial charge in [-0.15, -0.1) is 0 Å². The molecule has 1 saturated heterocycles. The summed E-state index contributed by atoms with van der Waals surface area (Å²) in [5.74, 6) is -0.368. The van der Waals surface area contributed by atoms with E-state index in [2.05, 4.69) is 5.32 Å². The van der Waals surface area contributed by atoms with Crippen LogP contribution in [0.15, 0.2) is 53.4 Å². The van der Waals surface area contributed by atoms with Crippen LogP contribution in [0, 0.1) is 0 Å². The molecule has 1 aliphatic rings. The smallest absolute Gasteiger partial charge is 0.338 e. The Morgan fingerprint density at radius 2 is 1.56 bits per heavy atom. The van der Waals surface area contributed by atoms with Gasteiger partial charge in [0.15, 0.2) is 6.61 Å². The molecule has 0 unspecified atom stereocenters. The van der Waals surface area contributed by atoms with Gasteiger partial charge in [-0.25, -0.2) is 13.2 Å². The summed E-state index contributed by atoms with van der Waals surface area (Å²) in [6.45, 7) is 2.88. The minimum absolute atomic E-state index is 0.218. The lowest BCUT2D eigenvalue weighted by molar-refractivity contribution is -0.118. The second kappa shape index (κ2) is 11.1. The molecular formula is C23H28N2O6S. The van der Waals surface area contributed by atoms with E-state index in [1.807, 2.05) is 0 Å². The highest BCUT2D eigenvalue weighted by molar-refractivity contribution is 7.89. The number of carbonyl (C=O) groups is 2. The molecule has 0 saturated carbocycles. The average Bonchev–Trinajstić information content (AvgIpc) is 3.09. The summed E-state index contributed by atoms with van der Waals surface area (Å²) in [4.78, 5) is 24.0. The maximum absolute atomic E-state index is 12.8. The van der Waals surface area contributed by atoms with Crippen LogP contribution in [0.4, 0.5) is 5.69 Å². The third-order valence-electron chi connectivity index (χ3n) is 5.08. The fourth-order valence-corrected chi connectivity index (χ4v) is 4.91. The molecule has 172 valence electrons. The molecule has 1 amide bonds. The van der Waals surface area contributed by atoms with Crippen LogP contribution >= 0.6 is 0 Å². The summed E-state index contributed by atoms with van der Waals surface area (Å²) in [7, 11) is -3.53. The molecule has 0 radical (unpaired) electrons. The van der Waals surface area contributed by atoms with Gasteiger partial charge in [0.25, 0.3) is 5.91 Å². The van der Waals surface area contributed by atoms with Crippen molar-refractivity contribution in [1.29, 1.82) is 0 Å². The molecule has 2 aromatic rings. The molecule has 0 bridgehead atoms. The zero-order chi connectivity index (χ0) is 23.0. The zero-order valence-electron chi connectivity index (χ0n) is 18.1. The van der Waals surface area contributed by atoms with Crippen LogP contribution < -0.4 is 10.1 Å². The van der Waals surface area contributed by atoms with E-state index in [1.165, 1.54) is 16.4 Å². The maximum Gasteiger partial charge on any atom is 0.338 e. The van der Waals surface area contributed by atoms with Gasteiger partial charge >= 0.3 is 5.97 Å². The second-order valence-electron chi connectivity index (χ2n) is 7.42. The van der Waals surface area contributed by atoms with Gasteiger partial charge in [0.1, 0.15) is 5.75 Å². The number of nitrogens with one attached hydrogen (secondary N) is 1. The zero-order valence-corrected chi connectivity index (χ0v) is 18.9. The molecule has 0 aromatic heterocycles. The van der Waals surface area contributed by atoms with Crippen LogP contribution in [0.1, 0.15) is 43.0 Å². The van der Waals surface area contributed by atoms with E-state index in [4.69, 9.17) is 9.47 Å². The third kappa shape index (κ3) is 6.30. The molecule has 1 fully saturated rings. The van der Waals surface area contributed by atoms with Crippen LogP contribution in [-0.2, 0) is 19.6 Å². The first-order valence-electron chi connectivity index (χ1n) is 10.7. The van der Waals surface area contributed by atoms with Crippen LogP contribution in [0.5, 0.6) is 5.75 Å². The number of anilines is 1. The molecule has 1 aliphatic heterocycles. The van der Waals surface area contributed by atoms with Crippen molar-refractivity contribution in [3.05, 3.63) is 54.1 Å². The summed E-state index contributed by atoms with van der Waals surface area (Å²) in [6.07, 6.45) is 3.85. The first-order chi connectivity index (χ1) is 15.4. The van der Waals surface area contributed by atoms with Gasteiger partial charge < -0.3 is 14.8 Å². The van der Waals surface area contributed by atoms with Crippen LogP contribution in [-0.4, -0.2) is 50.9 Å². The van der Waals surface area contributed by atoms with E-state index < -0.39 is 16.0 Å². The van der Waals surface area contributed by atoms with Crippen molar-refractivity contribution in [2.45, 2.75) is 37.5 Å². The summed E-state index contributed by atoms with van der Waals surface area (Å²) >= 11 is 0. The molecule has 0 aliphatic carbocycles. The summed E-state index contributed by atoms with van der Waals surface area (Å²) in [5.41, 5.74) is 0.880. The lowest BCUT2D eigenvalue weighted by Crippen LogP contribution is -2.31. The number of esters is 1. The highest BCUT2D eigenvalue weighted by Crippen LogP contribution is 2.22. The number of sulfonamides is 1. The van der Waals surface area contributed by atoms with Crippen molar-refractivity contribution in [1.82, 2.24) is 4.31 Å². The summed E-state index contributed by atoms with van der Waals surface area (Å²) < 4.78 is 37.5. The Morgan fingerprint density at radius 1 is 0.938 bits per heavy atom. The number of nitrogens with zero attached hydrogens (tertiary/aromatic N) is 1. The molecule has 2 aromatic carbocycles.